The van der Waals surface area contributed by atoms with Crippen LogP contribution in [0.15, 0.2) is 139 Å². The second kappa shape index (κ2) is 52.6. The summed E-state index contributed by atoms with van der Waals surface area (Å²) < 4.78 is 357. The van der Waals surface area contributed by atoms with Crippen molar-refractivity contribution in [2.24, 2.45) is 28.7 Å². The van der Waals surface area contributed by atoms with Crippen molar-refractivity contribution in [1.29, 1.82) is 0 Å². The minimum atomic E-state index is -3.51. The smallest absolute Gasteiger partial charge is 0.375 e. The number of hydrazine groups is 3. The van der Waals surface area contributed by atoms with E-state index >= 15 is 0 Å². The van der Waals surface area contributed by atoms with Crippen LogP contribution in [-0.4, -0.2) is 142 Å². The summed E-state index contributed by atoms with van der Waals surface area (Å²) in [6.45, 7) is -27.3. The Balaban J connectivity index is 0.000000450. The van der Waals surface area contributed by atoms with Gasteiger partial charge in [0.15, 0.2) is 23.0 Å². The Bertz CT molecular complexity index is 5910. The summed E-state index contributed by atoms with van der Waals surface area (Å²) in [6.07, 6.45) is -41.2. The number of hydrogen-bond acceptors (Lipinski definition) is 20. The Morgan fingerprint density at radius 1 is 0.589 bits per heavy atom. The topological polar surface area (TPSA) is 334 Å². The number of rotatable bonds is 16. The number of nitroso groups, excluding NO2 is 1. The standard InChI is InChI=1S/C17H11Cl3N2O2.C13H13ClO4.C12H11ClO4.C8H7ClO.C6H6Cl2N2.C5H10N2O.2C5H12N2.C5H11N/c1-9-15(17(23)24)21-22(14-7-6-12(19)8-13(14)20)16(9)10-2-4-11(18)5-3-10;1-3-18-13(17)12(16)8(2)11(15)9-4-6-10(14)7-5-9;1-2-17-12(16)11(15)7-10(14)8-3-5-9(13)6-4-8;1-6(10)7-2-4-8(9)5-3-7;7-4-1-2-6(10-9)5(8)3-4;8-6-7-4-2-1-3-5-7;2*6-7-4-2-1-3-5-7;1-2-4-6-5-3-1/h2-8H,1H3,(H,23,24);4-8H,3H2,1-2H3;3-6H,2,7H2,1H3;2-5H,1H3;1-3,10H,9H2;1-5H2;2*1-6H2;6H,1-5H2/i1D3;2D3;;;;4*1D2,2D2,3D2,4D2,5D2/hD. The first-order valence-corrected chi connectivity index (χ1v) is 32.2. The second-order valence-corrected chi connectivity index (χ2v) is 22.4. The summed E-state index contributed by atoms with van der Waals surface area (Å²) in [5.74, 6) is 5.92. The lowest BCUT2D eigenvalue weighted by Gasteiger charge is -2.20. The molecule has 107 heavy (non-hydrogen) atoms. The van der Waals surface area contributed by atoms with Gasteiger partial charge in [-0.2, -0.15) is 5.10 Å². The number of nitrogens with two attached hydrogens (primary N) is 3. The van der Waals surface area contributed by atoms with Gasteiger partial charge in [0.1, 0.15) is 1.41 Å². The number of aromatic carboxylic acids is 1. The number of Topliss-reactive ketones (excluding diaryl/α,β-unsaturated/α-hetero) is 5. The highest BCUT2D eigenvalue weighted by Gasteiger charge is 2.29. The van der Waals surface area contributed by atoms with Gasteiger partial charge in [0, 0.05) is 155 Å². The number of carboxylic acids is 1. The number of carboxylic acid groups (broad SMARTS) is 1. The van der Waals surface area contributed by atoms with Crippen LogP contribution in [0.2, 0.25) is 41.6 Å². The van der Waals surface area contributed by atoms with Crippen molar-refractivity contribution < 1.29 is 117 Å². The lowest BCUT2D eigenvalue weighted by molar-refractivity contribution is -0.154. The molecule has 1 unspecified atom stereocenters. The van der Waals surface area contributed by atoms with E-state index in [9.17, 15) is 48.4 Å². The zero-order chi connectivity index (χ0) is 121. The third kappa shape index (κ3) is 36.6. The number of nitrogens with zero attached hydrogens (tertiary/aromatic N) is 6. The molecule has 6 aromatic carbocycles. The molecule has 4 saturated heterocycles. The maximum atomic E-state index is 12.2. The van der Waals surface area contributed by atoms with E-state index in [1.54, 1.807) is 91.9 Å². The molecule has 580 valence electrons. The Morgan fingerprint density at radius 2 is 1.02 bits per heavy atom. The molecule has 9 N–H and O–H groups in total. The van der Waals surface area contributed by atoms with Gasteiger partial charge in [-0.1, -0.05) is 124 Å². The third-order valence-electron chi connectivity index (χ3n) is 11.6. The van der Waals surface area contributed by atoms with Gasteiger partial charge in [0.25, 0.3) is 5.78 Å². The van der Waals surface area contributed by atoms with Crippen LogP contribution < -0.4 is 28.3 Å². The minimum absolute atomic E-state index is 0.0156. The number of halogens is 8. The highest BCUT2D eigenvalue weighted by atomic mass is 35.5. The van der Waals surface area contributed by atoms with Crippen LogP contribution in [0.1, 0.15) is 221 Å². The highest BCUT2D eigenvalue weighted by molar-refractivity contribution is 6.40. The van der Waals surface area contributed by atoms with E-state index in [-0.39, 0.29) is 50.9 Å². The molecule has 5 heterocycles. The number of aromatic nitrogens is 2. The molecule has 1 aromatic heterocycles. The third-order valence-corrected chi connectivity index (χ3v) is 13.7. The summed E-state index contributed by atoms with van der Waals surface area (Å²) in [5, 5.41) is 17.7. The van der Waals surface area contributed by atoms with Gasteiger partial charge in [-0.3, -0.25) is 46.5 Å². The van der Waals surface area contributed by atoms with Crippen LogP contribution in [-0.2, 0) is 28.7 Å². The average molecular weight is 1680 g/mol. The number of ether oxygens (including phenoxy) is 2. The van der Waals surface area contributed by atoms with Crippen LogP contribution in [0, 0.1) is 17.7 Å². The molecule has 7 aromatic rings. The summed E-state index contributed by atoms with van der Waals surface area (Å²) in [5.41, 5.74) is 3.98. The SMILES string of the molecule is CC(=O)c1ccc(Cl)cc1.CCOC(=O)C(=O)CC(=O)c1ccc(Cl)cc1.NNc1ccc(Cl)cc1Cl.[2H]C([2H])([2H])C(C(=O)C(=O)OCC)C(=O)c1ccc(Cl)cc1.[2H]C([2H])([2H])c1c(C(=O)O)nn(-c2ccc(Cl)cc2Cl)c1-c1ccc(Cl)cc1.[2H]C1([2H])N(N)C([2H])([2H])C([2H])([2H])C([2H])([2H])C1([2H])[2H].[2H]C1([2H])N(N)C([2H])([2H])C([2H])([2H])C([2H])([2H])C1([2H])[2H].[2H]C1([2H])N(N=O)C([2H])([2H])C([2H])([2H])C([2H])([2H])C1([2H])[2H].[2H]N1C([2H])([2H])C([2H])([2H])C([2H])([2H])C([2H])([2H])C1([2H])[2H]. The van der Waals surface area contributed by atoms with Crippen LogP contribution in [0.3, 0.4) is 0 Å². The van der Waals surface area contributed by atoms with Crippen molar-refractivity contribution in [1.82, 2.24) is 30.1 Å². The van der Waals surface area contributed by atoms with Crippen molar-refractivity contribution in [3.8, 4) is 16.9 Å². The quantitative estimate of drug-likeness (QED) is 0.00995. The molecule has 0 saturated carbocycles. The molecular weight excluding hydrogens is 1540 g/mol. The maximum Gasteiger partial charge on any atom is 0.375 e. The number of ketones is 5. The monoisotopic (exact) mass is 1680 g/mol. The lowest BCUT2D eigenvalue weighted by atomic mass is 9.95. The van der Waals surface area contributed by atoms with E-state index in [0.717, 1.165) is 0 Å². The van der Waals surface area contributed by atoms with E-state index < -0.39 is 212 Å². The summed E-state index contributed by atoms with van der Waals surface area (Å²) in [4.78, 5) is 102. The van der Waals surface area contributed by atoms with Gasteiger partial charge in [0.2, 0.25) is 5.78 Å². The first-order chi connectivity index (χ1) is 68.9. The fourth-order valence-corrected chi connectivity index (χ4v) is 8.31. The molecular formula is C76H93Cl8N11O12. The molecule has 0 aliphatic carbocycles. The Morgan fingerprint density at radius 3 is 1.45 bits per heavy atom. The number of esters is 2. The van der Waals surface area contributed by atoms with E-state index in [2.05, 4.69) is 20.0 Å². The average Bonchev–Trinajstić information content (AvgIpc) is 0.922. The summed E-state index contributed by atoms with van der Waals surface area (Å²) in [7, 11) is 0. The Kier molecular flexibility index (Phi) is 21.5. The molecule has 0 bridgehead atoms. The molecule has 11 rings (SSSR count). The fraction of sp³-hybridized carbons (Fsp3) is 0.382. The number of carbonyl (C=O) groups is 8. The van der Waals surface area contributed by atoms with Crippen molar-refractivity contribution in [2.45, 2.75) is 117 Å². The molecule has 4 fully saturated rings. The van der Waals surface area contributed by atoms with E-state index in [1.165, 1.54) is 67.1 Å². The van der Waals surface area contributed by atoms with Crippen LogP contribution in [0.4, 0.5) is 5.69 Å². The highest BCUT2D eigenvalue weighted by Crippen LogP contribution is 2.34. The molecule has 23 nitrogen and oxygen atoms in total. The summed E-state index contributed by atoms with van der Waals surface area (Å²) in [6, 6.07) is 34.2. The predicted octanol–water partition coefficient (Wildman–Crippen LogP) is 17.3. The van der Waals surface area contributed by atoms with Crippen molar-refractivity contribution >= 4 is 145 Å². The van der Waals surface area contributed by atoms with Crippen LogP contribution in [0.5, 0.6) is 0 Å². The fourth-order valence-electron chi connectivity index (χ4n) is 6.85. The van der Waals surface area contributed by atoms with Gasteiger partial charge < -0.3 is 25.3 Å². The zero-order valence-corrected chi connectivity index (χ0v) is 61.3. The number of piperidine rings is 4. The van der Waals surface area contributed by atoms with E-state index in [0.29, 0.717) is 63.2 Å². The van der Waals surface area contributed by atoms with Gasteiger partial charge in [-0.15, -0.1) is 4.91 Å². The lowest BCUT2D eigenvalue weighted by Crippen LogP contribution is -2.35. The van der Waals surface area contributed by atoms with Crippen LogP contribution in [0.25, 0.3) is 16.9 Å². The minimum Gasteiger partial charge on any atom is -0.476 e. The van der Waals surface area contributed by atoms with Crippen molar-refractivity contribution in [2.75, 3.05) is 70.6 Å². The molecule has 31 heteroatoms. The molecule has 4 aliphatic heterocycles. The number of hydrogen-bond donors (Lipinski definition) is 6. The Hall–Kier alpha value is -7.43. The van der Waals surface area contributed by atoms with Gasteiger partial charge >= 0.3 is 17.9 Å². The van der Waals surface area contributed by atoms with Crippen LogP contribution >= 0.6 is 92.8 Å². The number of nitrogens with one attached hydrogen (secondary N) is 2. The molecule has 0 spiro atoms. The van der Waals surface area contributed by atoms with Gasteiger partial charge in [-0.25, -0.2) is 29.1 Å². The van der Waals surface area contributed by atoms with Crippen molar-refractivity contribution in [3.63, 3.8) is 0 Å². The first-order valence-electron chi connectivity index (χ1n) is 52.6. The molecule has 0 amide bonds. The number of benzene rings is 6. The second-order valence-electron chi connectivity index (χ2n) is 19.0. The van der Waals surface area contributed by atoms with E-state index in [1.807, 2.05) is 5.29 Å². The zero-order valence-electron chi connectivity index (χ0n) is 102. The molecule has 4 aliphatic rings. The number of anilines is 1. The first kappa shape index (κ1) is 43.8. The van der Waals surface area contributed by atoms with Crippen molar-refractivity contribution in [3.05, 3.63) is 206 Å². The van der Waals surface area contributed by atoms with Gasteiger partial charge in [0.05, 0.1) is 63.4 Å². The predicted molar refractivity (Wildman–Crippen MR) is 427 cm³/mol. The molecule has 0 radical (unpaired) electrons. The maximum absolute atomic E-state index is 12.2. The van der Waals surface area contributed by atoms with Gasteiger partial charge in [-0.05, 0) is 226 Å². The summed E-state index contributed by atoms with van der Waals surface area (Å²) >= 11 is 46.4. The number of carbonyl (C=O) groups excluding carboxylic acids is 7. The molecule has 1 atom stereocenters. The number of nitrogen functional groups attached to an aromatic ring is 1. The largest absolute Gasteiger partial charge is 0.476 e. The van der Waals surface area contributed by atoms with E-state index in [4.69, 9.17) is 175 Å². The Labute approximate surface area is 731 Å². The normalized spacial score (nSPS) is 30.3.